The molecule has 2 N–H and O–H groups in total. The van der Waals surface area contributed by atoms with Crippen molar-refractivity contribution in [2.24, 2.45) is 5.92 Å². The van der Waals surface area contributed by atoms with Crippen LogP contribution in [0.4, 0.5) is 0 Å². The van der Waals surface area contributed by atoms with Gasteiger partial charge in [-0.25, -0.2) is 0 Å². The van der Waals surface area contributed by atoms with Crippen molar-refractivity contribution in [1.29, 1.82) is 0 Å². The summed E-state index contributed by atoms with van der Waals surface area (Å²) in [6, 6.07) is 17.6. The van der Waals surface area contributed by atoms with Gasteiger partial charge in [-0.1, -0.05) is 48.5 Å². The van der Waals surface area contributed by atoms with Gasteiger partial charge in [0.2, 0.25) is 6.29 Å². The highest BCUT2D eigenvalue weighted by Gasteiger charge is 2.39. The van der Waals surface area contributed by atoms with Crippen LogP contribution in [0.15, 0.2) is 77.1 Å². The third-order valence-corrected chi connectivity index (χ3v) is 6.31. The van der Waals surface area contributed by atoms with Crippen LogP contribution in [0, 0.1) is 5.92 Å². The lowest BCUT2D eigenvalue weighted by Crippen LogP contribution is -2.39. The molecular formula is C29H35NO7. The van der Waals surface area contributed by atoms with E-state index in [4.69, 9.17) is 28.5 Å². The predicted molar refractivity (Wildman–Crippen MR) is 139 cm³/mol. The third-order valence-electron chi connectivity index (χ3n) is 6.31. The first-order chi connectivity index (χ1) is 18.2. The fourth-order valence-electron chi connectivity index (χ4n) is 4.52. The molecule has 1 aromatic heterocycles. The first-order valence-corrected chi connectivity index (χ1v) is 12.8. The van der Waals surface area contributed by atoms with Crippen molar-refractivity contribution in [3.8, 4) is 0 Å². The second-order valence-corrected chi connectivity index (χ2v) is 8.75. The van der Waals surface area contributed by atoms with Gasteiger partial charge >= 0.3 is 0 Å². The first-order valence-electron chi connectivity index (χ1n) is 12.8. The SMILES string of the molecule is CCO[C@H]1OC(C(=O)NCc2ccccc2)=C[C@@H](c2coc3ccccc23)[C@H]1CCOCCOCCO. The number of benzene rings is 2. The van der Waals surface area contributed by atoms with Crippen LogP contribution in [-0.4, -0.2) is 56.9 Å². The number of furan rings is 1. The summed E-state index contributed by atoms with van der Waals surface area (Å²) in [4.78, 5) is 13.2. The van der Waals surface area contributed by atoms with Gasteiger partial charge in [0.15, 0.2) is 5.76 Å². The van der Waals surface area contributed by atoms with Crippen molar-refractivity contribution in [3.63, 3.8) is 0 Å². The van der Waals surface area contributed by atoms with E-state index in [1.807, 2.05) is 67.6 Å². The van der Waals surface area contributed by atoms with Gasteiger partial charge in [-0.3, -0.25) is 4.79 Å². The molecule has 0 fully saturated rings. The Hall–Kier alpha value is -3.17. The Bertz CT molecular complexity index is 1140. The Kier molecular flexibility index (Phi) is 10.1. The quantitative estimate of drug-likeness (QED) is 0.315. The number of carbonyl (C=O) groups is 1. The Morgan fingerprint density at radius 2 is 1.76 bits per heavy atom. The molecule has 0 radical (unpaired) electrons. The monoisotopic (exact) mass is 509 g/mol. The van der Waals surface area contributed by atoms with Crippen LogP contribution in [0.5, 0.6) is 0 Å². The Morgan fingerprint density at radius 1 is 1.00 bits per heavy atom. The van der Waals surface area contributed by atoms with E-state index in [-0.39, 0.29) is 30.1 Å². The maximum Gasteiger partial charge on any atom is 0.286 e. The molecule has 3 aromatic rings. The lowest BCUT2D eigenvalue weighted by Gasteiger charge is -2.36. The number of aliphatic hydroxyl groups excluding tert-OH is 1. The number of allylic oxidation sites excluding steroid dienone is 1. The molecule has 8 heteroatoms. The predicted octanol–water partition coefficient (Wildman–Crippen LogP) is 4.14. The fraction of sp³-hybridized carbons (Fsp3) is 0.414. The average molecular weight is 510 g/mol. The summed E-state index contributed by atoms with van der Waals surface area (Å²) in [5.41, 5.74) is 2.77. The van der Waals surface area contributed by atoms with Gasteiger partial charge < -0.3 is 33.8 Å². The fourth-order valence-corrected chi connectivity index (χ4v) is 4.52. The second-order valence-electron chi connectivity index (χ2n) is 8.75. The zero-order chi connectivity index (χ0) is 25.9. The summed E-state index contributed by atoms with van der Waals surface area (Å²) >= 11 is 0. The van der Waals surface area contributed by atoms with Gasteiger partial charge in [0.25, 0.3) is 5.91 Å². The zero-order valence-corrected chi connectivity index (χ0v) is 21.1. The van der Waals surface area contributed by atoms with E-state index in [0.717, 1.165) is 22.1 Å². The minimum atomic E-state index is -0.625. The van der Waals surface area contributed by atoms with E-state index in [1.165, 1.54) is 0 Å². The first kappa shape index (κ1) is 26.9. The second kappa shape index (κ2) is 13.9. The van der Waals surface area contributed by atoms with E-state index >= 15 is 0 Å². The van der Waals surface area contributed by atoms with Crippen molar-refractivity contribution >= 4 is 16.9 Å². The molecule has 0 saturated heterocycles. The topological polar surface area (TPSA) is 99.4 Å². The molecule has 1 aliphatic rings. The van der Waals surface area contributed by atoms with Gasteiger partial charge in [0.05, 0.1) is 32.7 Å². The van der Waals surface area contributed by atoms with E-state index in [9.17, 15) is 4.79 Å². The van der Waals surface area contributed by atoms with Crippen LogP contribution in [0.3, 0.4) is 0 Å². The summed E-state index contributed by atoms with van der Waals surface area (Å²) in [7, 11) is 0. The highest BCUT2D eigenvalue weighted by molar-refractivity contribution is 5.92. The molecule has 1 amide bonds. The van der Waals surface area contributed by atoms with Crippen LogP contribution in [0.25, 0.3) is 11.0 Å². The van der Waals surface area contributed by atoms with E-state index in [1.54, 1.807) is 6.26 Å². The molecule has 37 heavy (non-hydrogen) atoms. The number of rotatable bonds is 14. The number of ether oxygens (including phenoxy) is 4. The van der Waals surface area contributed by atoms with Crippen molar-refractivity contribution in [2.45, 2.75) is 32.1 Å². The highest BCUT2D eigenvalue weighted by Crippen LogP contribution is 2.41. The number of aliphatic hydroxyl groups is 1. The van der Waals surface area contributed by atoms with Crippen molar-refractivity contribution in [2.75, 3.05) is 39.6 Å². The standard InChI is InChI=1S/C29H35NO7/c1-2-35-29-23(12-14-33-16-17-34-15-13-31)24(25-20-36-26-11-7-6-10-22(25)26)18-27(37-29)28(32)30-19-21-8-4-3-5-9-21/h3-11,18,20,23-24,29,31H,2,12-17,19H2,1H3,(H,30,32)/t23-,24-,29+/m1/s1. The van der Waals surface area contributed by atoms with Gasteiger partial charge in [0, 0.05) is 42.5 Å². The molecule has 2 heterocycles. The molecule has 0 saturated carbocycles. The van der Waals surface area contributed by atoms with Gasteiger partial charge in [0.1, 0.15) is 5.58 Å². The molecule has 4 rings (SSSR count). The van der Waals surface area contributed by atoms with Crippen molar-refractivity contribution < 1.29 is 33.3 Å². The Morgan fingerprint density at radius 3 is 2.54 bits per heavy atom. The van der Waals surface area contributed by atoms with Crippen LogP contribution >= 0.6 is 0 Å². The van der Waals surface area contributed by atoms with Crippen LogP contribution in [0.2, 0.25) is 0 Å². The largest absolute Gasteiger partial charge is 0.464 e. The summed E-state index contributed by atoms with van der Waals surface area (Å²) in [6.45, 7) is 4.34. The third kappa shape index (κ3) is 7.20. The number of hydrogen-bond donors (Lipinski definition) is 2. The number of amides is 1. The summed E-state index contributed by atoms with van der Waals surface area (Å²) in [6.07, 6.45) is 3.66. The molecule has 3 atom stereocenters. The van der Waals surface area contributed by atoms with Crippen LogP contribution in [0.1, 0.15) is 30.4 Å². The van der Waals surface area contributed by atoms with Crippen molar-refractivity contribution in [1.82, 2.24) is 5.32 Å². The van der Waals surface area contributed by atoms with E-state index in [0.29, 0.717) is 46.0 Å². The molecule has 8 nitrogen and oxygen atoms in total. The molecule has 0 aliphatic carbocycles. The Balaban J connectivity index is 1.54. The summed E-state index contributed by atoms with van der Waals surface area (Å²) < 4.78 is 29.0. The van der Waals surface area contributed by atoms with E-state index in [2.05, 4.69) is 5.32 Å². The maximum absolute atomic E-state index is 13.2. The summed E-state index contributed by atoms with van der Waals surface area (Å²) in [5.74, 6) is -0.341. The number of hydrogen-bond acceptors (Lipinski definition) is 7. The van der Waals surface area contributed by atoms with Crippen LogP contribution in [-0.2, 0) is 30.3 Å². The van der Waals surface area contributed by atoms with Crippen molar-refractivity contribution in [3.05, 3.63) is 83.8 Å². The number of fused-ring (bicyclic) bond motifs is 1. The smallest absolute Gasteiger partial charge is 0.286 e. The maximum atomic E-state index is 13.2. The zero-order valence-electron chi connectivity index (χ0n) is 21.1. The van der Waals surface area contributed by atoms with Gasteiger partial charge in [-0.2, -0.15) is 0 Å². The normalized spacial score (nSPS) is 19.4. The lowest BCUT2D eigenvalue weighted by atomic mass is 9.81. The molecule has 0 spiro atoms. The Labute approximate surface area is 217 Å². The van der Waals surface area contributed by atoms with Gasteiger partial charge in [-0.05, 0) is 31.1 Å². The summed E-state index contributed by atoms with van der Waals surface area (Å²) in [5, 5.41) is 12.8. The average Bonchev–Trinajstić information content (AvgIpc) is 3.36. The van der Waals surface area contributed by atoms with E-state index < -0.39 is 6.29 Å². The molecule has 0 bridgehead atoms. The van der Waals surface area contributed by atoms with Crippen LogP contribution < -0.4 is 5.32 Å². The molecule has 2 aromatic carbocycles. The number of nitrogens with one attached hydrogen (secondary N) is 1. The molecule has 0 unspecified atom stereocenters. The lowest BCUT2D eigenvalue weighted by molar-refractivity contribution is -0.168. The highest BCUT2D eigenvalue weighted by atomic mass is 16.7. The molecule has 198 valence electrons. The minimum Gasteiger partial charge on any atom is -0.464 e. The number of para-hydroxylation sites is 1. The molecule has 1 aliphatic heterocycles. The minimum absolute atomic E-state index is 0.0105. The number of carbonyl (C=O) groups excluding carboxylic acids is 1. The molecular weight excluding hydrogens is 474 g/mol. The van der Waals surface area contributed by atoms with Gasteiger partial charge in [-0.15, -0.1) is 0 Å².